The SMILES string of the molecule is CC1=CC(C)(C(F)(F)F)CC(N)=C1. The van der Waals surface area contributed by atoms with E-state index in [9.17, 15) is 13.2 Å². The highest BCUT2D eigenvalue weighted by Gasteiger charge is 2.50. The van der Waals surface area contributed by atoms with Gasteiger partial charge in [-0.1, -0.05) is 11.6 Å². The fraction of sp³-hybridized carbons (Fsp3) is 0.556. The molecule has 1 atom stereocenters. The third-order valence-corrected chi connectivity index (χ3v) is 2.18. The van der Waals surface area contributed by atoms with Crippen LogP contribution in [0.4, 0.5) is 13.2 Å². The van der Waals surface area contributed by atoms with E-state index in [0.29, 0.717) is 11.3 Å². The van der Waals surface area contributed by atoms with E-state index in [-0.39, 0.29) is 6.42 Å². The lowest BCUT2D eigenvalue weighted by atomic mass is 9.79. The lowest BCUT2D eigenvalue weighted by Gasteiger charge is -2.32. The molecule has 1 aliphatic carbocycles. The van der Waals surface area contributed by atoms with Gasteiger partial charge >= 0.3 is 6.18 Å². The maximum atomic E-state index is 12.5. The molecule has 0 saturated carbocycles. The van der Waals surface area contributed by atoms with Crippen LogP contribution in [-0.4, -0.2) is 6.18 Å². The molecule has 74 valence electrons. The first-order valence-corrected chi connectivity index (χ1v) is 3.97. The summed E-state index contributed by atoms with van der Waals surface area (Å²) < 4.78 is 37.6. The predicted molar refractivity (Wildman–Crippen MR) is 44.8 cm³/mol. The summed E-state index contributed by atoms with van der Waals surface area (Å²) in [7, 11) is 0. The van der Waals surface area contributed by atoms with Gasteiger partial charge in [0.25, 0.3) is 0 Å². The van der Waals surface area contributed by atoms with Crippen LogP contribution < -0.4 is 5.73 Å². The minimum atomic E-state index is -4.23. The van der Waals surface area contributed by atoms with Crippen molar-refractivity contribution >= 4 is 0 Å². The smallest absolute Gasteiger partial charge is 0.397 e. The first-order chi connectivity index (χ1) is 5.74. The van der Waals surface area contributed by atoms with Crippen LogP contribution >= 0.6 is 0 Å². The Morgan fingerprint density at radius 1 is 1.46 bits per heavy atom. The molecule has 0 radical (unpaired) electrons. The van der Waals surface area contributed by atoms with E-state index < -0.39 is 11.6 Å². The molecule has 0 heterocycles. The molecule has 0 aromatic heterocycles. The Bertz CT molecular complexity index is 275. The minimum absolute atomic E-state index is 0.145. The van der Waals surface area contributed by atoms with Crippen molar-refractivity contribution in [1.29, 1.82) is 0 Å². The molecule has 0 spiro atoms. The molecule has 0 amide bonds. The summed E-state index contributed by atoms with van der Waals surface area (Å²) in [6, 6.07) is 0. The molecule has 4 heteroatoms. The van der Waals surface area contributed by atoms with Crippen LogP contribution in [0.2, 0.25) is 0 Å². The van der Waals surface area contributed by atoms with Crippen molar-refractivity contribution in [3.8, 4) is 0 Å². The quantitative estimate of drug-likeness (QED) is 0.626. The second-order valence-corrected chi connectivity index (χ2v) is 3.70. The van der Waals surface area contributed by atoms with Gasteiger partial charge in [-0.05, 0) is 19.9 Å². The molecule has 2 N–H and O–H groups in total. The van der Waals surface area contributed by atoms with Crippen LogP contribution in [-0.2, 0) is 0 Å². The summed E-state index contributed by atoms with van der Waals surface area (Å²) in [6.07, 6.45) is -1.57. The molecule has 0 aliphatic heterocycles. The van der Waals surface area contributed by atoms with Gasteiger partial charge in [0.15, 0.2) is 0 Å². The van der Waals surface area contributed by atoms with E-state index >= 15 is 0 Å². The Morgan fingerprint density at radius 3 is 2.38 bits per heavy atom. The number of hydrogen-bond acceptors (Lipinski definition) is 1. The Hall–Kier alpha value is -0.930. The molecule has 13 heavy (non-hydrogen) atoms. The lowest BCUT2D eigenvalue weighted by Crippen LogP contribution is -2.36. The van der Waals surface area contributed by atoms with E-state index in [1.807, 2.05) is 0 Å². The fourth-order valence-electron chi connectivity index (χ4n) is 1.54. The molecular formula is C9H12F3N. The van der Waals surface area contributed by atoms with Gasteiger partial charge in [0.2, 0.25) is 0 Å². The first kappa shape index (κ1) is 10.2. The molecule has 0 aromatic carbocycles. The van der Waals surface area contributed by atoms with Gasteiger partial charge in [0.05, 0.1) is 5.41 Å². The van der Waals surface area contributed by atoms with Crippen molar-refractivity contribution in [3.63, 3.8) is 0 Å². The number of nitrogens with two attached hydrogens (primary N) is 1. The van der Waals surface area contributed by atoms with Crippen molar-refractivity contribution < 1.29 is 13.2 Å². The second-order valence-electron chi connectivity index (χ2n) is 3.70. The van der Waals surface area contributed by atoms with Crippen molar-refractivity contribution in [2.24, 2.45) is 11.1 Å². The normalized spacial score (nSPS) is 29.6. The predicted octanol–water partition coefficient (Wildman–Crippen LogP) is 2.75. The Balaban J connectivity index is 3.04. The van der Waals surface area contributed by atoms with Gasteiger partial charge in [0.1, 0.15) is 0 Å². The highest BCUT2D eigenvalue weighted by molar-refractivity contribution is 5.30. The molecule has 0 saturated heterocycles. The molecule has 1 nitrogen and oxygen atoms in total. The maximum Gasteiger partial charge on any atom is 0.397 e. The molecule has 0 bridgehead atoms. The zero-order valence-electron chi connectivity index (χ0n) is 7.57. The average Bonchev–Trinajstić information content (AvgIpc) is 1.79. The number of halogens is 3. The Kier molecular flexibility index (Phi) is 2.18. The summed E-state index contributed by atoms with van der Waals surface area (Å²) in [5.74, 6) is 0. The second kappa shape index (κ2) is 2.79. The van der Waals surface area contributed by atoms with E-state index in [1.54, 1.807) is 13.0 Å². The third kappa shape index (κ3) is 1.87. The summed E-state index contributed by atoms with van der Waals surface area (Å²) >= 11 is 0. The van der Waals surface area contributed by atoms with Crippen LogP contribution in [0.3, 0.4) is 0 Å². The summed E-state index contributed by atoms with van der Waals surface area (Å²) in [4.78, 5) is 0. The Labute approximate surface area is 75.1 Å². The molecular weight excluding hydrogens is 179 g/mol. The summed E-state index contributed by atoms with van der Waals surface area (Å²) in [5, 5.41) is 0. The molecule has 0 fully saturated rings. The zero-order chi connectivity index (χ0) is 10.3. The van der Waals surface area contributed by atoms with Crippen LogP contribution in [0.25, 0.3) is 0 Å². The average molecular weight is 191 g/mol. The topological polar surface area (TPSA) is 26.0 Å². The number of allylic oxidation sites excluding steroid dienone is 4. The van der Waals surface area contributed by atoms with Crippen LogP contribution in [0.5, 0.6) is 0 Å². The fourth-order valence-corrected chi connectivity index (χ4v) is 1.54. The summed E-state index contributed by atoms with van der Waals surface area (Å²) in [6.45, 7) is 2.78. The lowest BCUT2D eigenvalue weighted by molar-refractivity contribution is -0.200. The molecule has 1 unspecified atom stereocenters. The van der Waals surface area contributed by atoms with Crippen molar-refractivity contribution in [3.05, 3.63) is 23.4 Å². The van der Waals surface area contributed by atoms with Crippen molar-refractivity contribution in [2.75, 3.05) is 0 Å². The van der Waals surface area contributed by atoms with E-state index in [1.165, 1.54) is 6.08 Å². The summed E-state index contributed by atoms with van der Waals surface area (Å²) in [5.41, 5.74) is 4.49. The number of rotatable bonds is 0. The standard InChI is InChI=1S/C9H12F3N/c1-6-3-7(13)5-8(2,4-6)9(10,11)12/h3-4H,5,13H2,1-2H3. The monoisotopic (exact) mass is 191 g/mol. The van der Waals surface area contributed by atoms with Crippen LogP contribution in [0, 0.1) is 5.41 Å². The Morgan fingerprint density at radius 2 is 2.00 bits per heavy atom. The van der Waals surface area contributed by atoms with Gasteiger partial charge in [-0.2, -0.15) is 13.2 Å². The highest BCUT2D eigenvalue weighted by Crippen LogP contribution is 2.45. The van der Waals surface area contributed by atoms with Crippen LogP contribution in [0.15, 0.2) is 23.4 Å². The third-order valence-electron chi connectivity index (χ3n) is 2.18. The van der Waals surface area contributed by atoms with Crippen molar-refractivity contribution in [2.45, 2.75) is 26.4 Å². The van der Waals surface area contributed by atoms with E-state index in [0.717, 1.165) is 6.92 Å². The first-order valence-electron chi connectivity index (χ1n) is 3.97. The van der Waals surface area contributed by atoms with Gasteiger partial charge in [-0.15, -0.1) is 0 Å². The molecule has 0 aromatic rings. The van der Waals surface area contributed by atoms with Gasteiger partial charge < -0.3 is 5.73 Å². The molecule has 1 aliphatic rings. The van der Waals surface area contributed by atoms with Crippen molar-refractivity contribution in [1.82, 2.24) is 0 Å². The zero-order valence-corrected chi connectivity index (χ0v) is 7.57. The number of alkyl halides is 3. The minimum Gasteiger partial charge on any atom is -0.402 e. The highest BCUT2D eigenvalue weighted by atomic mass is 19.4. The number of hydrogen-bond donors (Lipinski definition) is 1. The largest absolute Gasteiger partial charge is 0.402 e. The van der Waals surface area contributed by atoms with E-state index in [4.69, 9.17) is 5.73 Å². The molecule has 1 rings (SSSR count). The van der Waals surface area contributed by atoms with E-state index in [2.05, 4.69) is 0 Å². The van der Waals surface area contributed by atoms with Gasteiger partial charge in [-0.3, -0.25) is 0 Å². The van der Waals surface area contributed by atoms with Crippen LogP contribution in [0.1, 0.15) is 20.3 Å². The van der Waals surface area contributed by atoms with Gasteiger partial charge in [0, 0.05) is 12.1 Å². The maximum absolute atomic E-state index is 12.5. The van der Waals surface area contributed by atoms with Gasteiger partial charge in [-0.25, -0.2) is 0 Å².